The van der Waals surface area contributed by atoms with Crippen LogP contribution in [0.3, 0.4) is 0 Å². The average Bonchev–Trinajstić information content (AvgIpc) is 2.39. The van der Waals surface area contributed by atoms with E-state index in [9.17, 15) is 9.90 Å². The van der Waals surface area contributed by atoms with Gasteiger partial charge in [-0.05, 0) is 19.4 Å². The lowest BCUT2D eigenvalue weighted by Crippen LogP contribution is -2.21. The quantitative estimate of drug-likeness (QED) is 0.830. The Kier molecular flexibility index (Phi) is 3.43. The zero-order valence-corrected chi connectivity index (χ0v) is 11.3. The highest BCUT2D eigenvalue weighted by Crippen LogP contribution is 2.40. The number of hydrogen-bond donors (Lipinski definition) is 1. The molecule has 0 aliphatic heterocycles. The number of allylic oxidation sites excluding steroid dienone is 4. The van der Waals surface area contributed by atoms with Crippen molar-refractivity contribution in [2.24, 2.45) is 5.41 Å². The molecule has 2 unspecified atom stereocenters. The van der Waals surface area contributed by atoms with Crippen LogP contribution in [0.15, 0.2) is 66.3 Å². The molecule has 1 aromatic rings. The first-order valence-corrected chi connectivity index (χ1v) is 6.30. The summed E-state index contributed by atoms with van der Waals surface area (Å²) in [6, 6.07) is 9.69. The van der Waals surface area contributed by atoms with Crippen LogP contribution in [0.25, 0.3) is 0 Å². The third kappa shape index (κ3) is 2.53. The Hall–Kier alpha value is -2.09. The van der Waals surface area contributed by atoms with Gasteiger partial charge in [0, 0.05) is 16.9 Å². The Morgan fingerprint density at radius 3 is 2.47 bits per heavy atom. The van der Waals surface area contributed by atoms with Crippen molar-refractivity contribution in [1.29, 1.82) is 0 Å². The Balaban J connectivity index is 2.47. The van der Waals surface area contributed by atoms with Gasteiger partial charge in [0.25, 0.3) is 0 Å². The molecule has 0 saturated carbocycles. The molecule has 0 fully saturated rings. The smallest absolute Gasteiger partial charge is 0.332 e. The molecule has 0 heterocycles. The van der Waals surface area contributed by atoms with Crippen molar-refractivity contribution in [2.45, 2.75) is 19.8 Å². The van der Waals surface area contributed by atoms with E-state index in [0.717, 1.165) is 11.1 Å². The minimum Gasteiger partial charge on any atom is -0.478 e. The maximum Gasteiger partial charge on any atom is 0.332 e. The molecule has 0 amide bonds. The molecule has 0 spiro atoms. The lowest BCUT2D eigenvalue weighted by atomic mass is 9.73. The molecule has 2 nitrogen and oxygen atoms in total. The molecule has 1 aliphatic rings. The van der Waals surface area contributed by atoms with Gasteiger partial charge in [-0.15, -0.1) is 0 Å². The minimum absolute atomic E-state index is 0.189. The average molecular weight is 254 g/mol. The van der Waals surface area contributed by atoms with E-state index in [2.05, 4.69) is 6.58 Å². The lowest BCUT2D eigenvalue weighted by Gasteiger charge is -2.30. The molecule has 1 aliphatic carbocycles. The summed E-state index contributed by atoms with van der Waals surface area (Å²) in [6.45, 7) is 7.86. The highest BCUT2D eigenvalue weighted by atomic mass is 16.4. The highest BCUT2D eigenvalue weighted by Gasteiger charge is 2.30. The third-order valence-corrected chi connectivity index (χ3v) is 3.75. The van der Waals surface area contributed by atoms with Gasteiger partial charge < -0.3 is 5.11 Å². The first-order chi connectivity index (χ1) is 8.94. The summed E-state index contributed by atoms with van der Waals surface area (Å²) >= 11 is 0. The van der Waals surface area contributed by atoms with Gasteiger partial charge in [0.2, 0.25) is 0 Å². The topological polar surface area (TPSA) is 37.3 Å². The molecule has 0 radical (unpaired) electrons. The van der Waals surface area contributed by atoms with E-state index in [1.54, 1.807) is 0 Å². The number of carbonyl (C=O) groups is 1. The summed E-state index contributed by atoms with van der Waals surface area (Å²) in [5.74, 6) is -1.06. The largest absolute Gasteiger partial charge is 0.478 e. The third-order valence-electron chi connectivity index (χ3n) is 3.75. The summed E-state index contributed by atoms with van der Waals surface area (Å²) < 4.78 is 0. The molecule has 1 N–H and O–H groups in total. The van der Waals surface area contributed by atoms with Crippen molar-refractivity contribution < 1.29 is 9.90 Å². The summed E-state index contributed by atoms with van der Waals surface area (Å²) in [5.41, 5.74) is 1.98. The van der Waals surface area contributed by atoms with Crippen molar-refractivity contribution in [2.75, 3.05) is 0 Å². The summed E-state index contributed by atoms with van der Waals surface area (Å²) in [6.07, 6.45) is 5.82. The van der Waals surface area contributed by atoms with Gasteiger partial charge in [0.05, 0.1) is 0 Å². The van der Waals surface area contributed by atoms with Crippen LogP contribution in [0.2, 0.25) is 0 Å². The number of rotatable bonds is 3. The molecule has 0 bridgehead atoms. The maximum atomic E-state index is 11.5. The minimum atomic E-state index is -0.870. The van der Waals surface area contributed by atoms with E-state index in [1.165, 1.54) is 0 Å². The van der Waals surface area contributed by atoms with Gasteiger partial charge in [0.1, 0.15) is 0 Å². The Morgan fingerprint density at radius 2 is 1.95 bits per heavy atom. The summed E-state index contributed by atoms with van der Waals surface area (Å²) in [7, 11) is 0. The fourth-order valence-corrected chi connectivity index (χ4v) is 2.27. The predicted octanol–water partition coefficient (Wildman–Crippen LogP) is 3.93. The van der Waals surface area contributed by atoms with Crippen LogP contribution >= 0.6 is 0 Å². The fraction of sp³-hybridized carbons (Fsp3) is 0.235. The lowest BCUT2D eigenvalue weighted by molar-refractivity contribution is -0.132. The summed E-state index contributed by atoms with van der Waals surface area (Å²) in [4.78, 5) is 11.5. The molecule has 2 rings (SSSR count). The van der Waals surface area contributed by atoms with E-state index in [-0.39, 0.29) is 11.3 Å². The Labute approximate surface area is 113 Å². The normalized spacial score (nSPS) is 25.8. The van der Waals surface area contributed by atoms with Crippen molar-refractivity contribution in [1.82, 2.24) is 0 Å². The monoisotopic (exact) mass is 254 g/mol. The molecule has 1 aromatic carbocycles. The van der Waals surface area contributed by atoms with E-state index in [4.69, 9.17) is 0 Å². The molecule has 2 heteroatoms. The van der Waals surface area contributed by atoms with Gasteiger partial charge in [-0.3, -0.25) is 0 Å². The van der Waals surface area contributed by atoms with E-state index >= 15 is 0 Å². The van der Waals surface area contributed by atoms with Crippen LogP contribution in [0.1, 0.15) is 25.3 Å². The zero-order chi connectivity index (χ0) is 14.0. The Morgan fingerprint density at radius 1 is 1.32 bits per heavy atom. The SMILES string of the molecule is C=C(C)C1(C)C=CC(c2ccccc2)C(C(=O)O)=C1. The van der Waals surface area contributed by atoms with Gasteiger partial charge in [-0.1, -0.05) is 60.7 Å². The number of benzene rings is 1. The predicted molar refractivity (Wildman–Crippen MR) is 77.0 cm³/mol. The van der Waals surface area contributed by atoms with Crippen LogP contribution in [-0.4, -0.2) is 11.1 Å². The zero-order valence-electron chi connectivity index (χ0n) is 11.3. The molecular formula is C17H18O2. The first kappa shape index (κ1) is 13.3. The van der Waals surface area contributed by atoms with E-state index in [0.29, 0.717) is 5.57 Å². The van der Waals surface area contributed by atoms with Crippen molar-refractivity contribution in [3.8, 4) is 0 Å². The van der Waals surface area contributed by atoms with Crippen LogP contribution < -0.4 is 0 Å². The first-order valence-electron chi connectivity index (χ1n) is 6.30. The van der Waals surface area contributed by atoms with Gasteiger partial charge in [0.15, 0.2) is 0 Å². The van der Waals surface area contributed by atoms with Gasteiger partial charge in [-0.25, -0.2) is 4.79 Å². The van der Waals surface area contributed by atoms with Crippen molar-refractivity contribution in [3.63, 3.8) is 0 Å². The number of hydrogen-bond acceptors (Lipinski definition) is 1. The van der Waals surface area contributed by atoms with Crippen molar-refractivity contribution >= 4 is 5.97 Å². The molecule has 0 saturated heterocycles. The maximum absolute atomic E-state index is 11.5. The second-order valence-corrected chi connectivity index (χ2v) is 5.22. The van der Waals surface area contributed by atoms with Gasteiger partial charge >= 0.3 is 5.97 Å². The standard InChI is InChI=1S/C17H18O2/c1-12(2)17(3)10-9-14(15(11-17)16(18)19)13-7-5-4-6-8-13/h4-11,14H,1H2,2-3H3,(H,18,19). The highest BCUT2D eigenvalue weighted by molar-refractivity contribution is 5.90. The van der Waals surface area contributed by atoms with E-state index < -0.39 is 5.97 Å². The van der Waals surface area contributed by atoms with Crippen LogP contribution in [-0.2, 0) is 4.79 Å². The van der Waals surface area contributed by atoms with E-state index in [1.807, 2.05) is 62.4 Å². The van der Waals surface area contributed by atoms with Gasteiger partial charge in [-0.2, -0.15) is 0 Å². The molecule has 0 aromatic heterocycles. The summed E-state index contributed by atoms with van der Waals surface area (Å²) in [5, 5.41) is 9.45. The second kappa shape index (κ2) is 4.88. The number of aliphatic carboxylic acids is 1. The van der Waals surface area contributed by atoms with Crippen LogP contribution in [0.4, 0.5) is 0 Å². The van der Waals surface area contributed by atoms with Crippen LogP contribution in [0.5, 0.6) is 0 Å². The molecule has 2 atom stereocenters. The second-order valence-electron chi connectivity index (χ2n) is 5.22. The molecule has 19 heavy (non-hydrogen) atoms. The fourth-order valence-electron chi connectivity index (χ4n) is 2.27. The molecule has 98 valence electrons. The number of carboxylic acids is 1. The van der Waals surface area contributed by atoms with Crippen molar-refractivity contribution in [3.05, 3.63) is 71.8 Å². The number of carboxylic acid groups (broad SMARTS) is 1. The molecular weight excluding hydrogens is 236 g/mol. The van der Waals surface area contributed by atoms with Crippen LogP contribution in [0, 0.1) is 5.41 Å². The Bertz CT molecular complexity index is 566.